The molecule has 2 rings (SSSR count). The van der Waals surface area contributed by atoms with Gasteiger partial charge in [0.15, 0.2) is 6.10 Å². The number of halogens is 6. The molecule has 0 aromatic heterocycles. The zero-order chi connectivity index (χ0) is 19.2. The number of ether oxygens (including phenoxy) is 1. The van der Waals surface area contributed by atoms with Crippen molar-refractivity contribution in [1.29, 1.82) is 5.26 Å². The Balaban J connectivity index is 2.67. The highest BCUT2D eigenvalue weighted by molar-refractivity contribution is 5.92. The number of aliphatic hydroxyl groups is 1. The summed E-state index contributed by atoms with van der Waals surface area (Å²) >= 11 is 0. The van der Waals surface area contributed by atoms with Crippen LogP contribution < -0.4 is 4.90 Å². The summed E-state index contributed by atoms with van der Waals surface area (Å²) < 4.78 is 83.1. The summed E-state index contributed by atoms with van der Waals surface area (Å²) in [4.78, 5) is 12.0. The van der Waals surface area contributed by atoms with Crippen LogP contribution in [-0.2, 0) is 10.9 Å². The fraction of sp³-hybridized carbons (Fsp3) is 0.429. The van der Waals surface area contributed by atoms with E-state index in [0.29, 0.717) is 0 Å². The summed E-state index contributed by atoms with van der Waals surface area (Å²) in [5.41, 5.74) is -3.45. The Hall–Kier alpha value is -2.48. The molecular weight excluding hydrogens is 358 g/mol. The summed E-state index contributed by atoms with van der Waals surface area (Å²) in [6.45, 7) is 1.01. The molecule has 3 atom stereocenters. The van der Waals surface area contributed by atoms with Crippen LogP contribution in [0.5, 0.6) is 0 Å². The second-order valence-corrected chi connectivity index (χ2v) is 5.25. The van der Waals surface area contributed by atoms with Crippen LogP contribution >= 0.6 is 0 Å². The molecule has 1 aromatic carbocycles. The quantitative estimate of drug-likeness (QED) is 0.814. The Kier molecular flexibility index (Phi) is 4.61. The van der Waals surface area contributed by atoms with E-state index < -0.39 is 53.5 Å². The number of aliphatic hydroxyl groups excluding tert-OH is 1. The Morgan fingerprint density at radius 1 is 1.28 bits per heavy atom. The maximum absolute atomic E-state index is 13.3. The molecule has 11 heteroatoms. The van der Waals surface area contributed by atoms with Crippen molar-refractivity contribution in [3.8, 4) is 6.07 Å². The van der Waals surface area contributed by atoms with Gasteiger partial charge in [0, 0.05) is 0 Å². The number of nitrogens with zero attached hydrogens (tertiary/aromatic N) is 2. The summed E-state index contributed by atoms with van der Waals surface area (Å²) in [5.74, 6) is 0. The Morgan fingerprint density at radius 3 is 2.36 bits per heavy atom. The molecule has 1 aliphatic heterocycles. The first-order valence-corrected chi connectivity index (χ1v) is 6.74. The van der Waals surface area contributed by atoms with Crippen LogP contribution in [-0.4, -0.2) is 35.6 Å². The van der Waals surface area contributed by atoms with E-state index in [0.717, 1.165) is 25.1 Å². The van der Waals surface area contributed by atoms with E-state index in [9.17, 15) is 36.2 Å². The first-order chi connectivity index (χ1) is 11.4. The SMILES string of the molecule is C[C@@H]1OC(=O)N(c2cccc(C#N)c2C(F)(F)F)[C@H]1[C@@H](O)C(F)(F)F. The molecule has 0 bridgehead atoms. The van der Waals surface area contributed by atoms with Crippen molar-refractivity contribution < 1.29 is 41.0 Å². The van der Waals surface area contributed by atoms with Crippen molar-refractivity contribution in [3.63, 3.8) is 0 Å². The van der Waals surface area contributed by atoms with Gasteiger partial charge in [-0.25, -0.2) is 4.79 Å². The molecule has 0 spiro atoms. The lowest BCUT2D eigenvalue weighted by atomic mass is 10.00. The average molecular weight is 368 g/mol. The molecule has 1 heterocycles. The highest BCUT2D eigenvalue weighted by Gasteiger charge is 2.55. The normalized spacial score (nSPS) is 22.5. The number of carbonyl (C=O) groups excluding carboxylic acids is 1. The lowest BCUT2D eigenvalue weighted by Crippen LogP contribution is -2.52. The number of anilines is 1. The Labute approximate surface area is 137 Å². The van der Waals surface area contributed by atoms with Crippen molar-refractivity contribution in [2.24, 2.45) is 0 Å². The molecule has 0 saturated carbocycles. The van der Waals surface area contributed by atoms with Gasteiger partial charge in [0.05, 0.1) is 22.9 Å². The highest BCUT2D eigenvalue weighted by Crippen LogP contribution is 2.43. The van der Waals surface area contributed by atoms with Gasteiger partial charge in [-0.2, -0.15) is 31.6 Å². The predicted octanol–water partition coefficient (Wildman–Crippen LogP) is 3.21. The monoisotopic (exact) mass is 368 g/mol. The van der Waals surface area contributed by atoms with E-state index in [2.05, 4.69) is 4.74 Å². The zero-order valence-electron chi connectivity index (χ0n) is 12.4. The minimum Gasteiger partial charge on any atom is -0.444 e. The van der Waals surface area contributed by atoms with Crippen LogP contribution in [0.2, 0.25) is 0 Å². The van der Waals surface area contributed by atoms with E-state index in [4.69, 9.17) is 5.26 Å². The van der Waals surface area contributed by atoms with Gasteiger partial charge >= 0.3 is 18.4 Å². The van der Waals surface area contributed by atoms with Gasteiger partial charge in [-0.1, -0.05) is 6.07 Å². The number of carbonyl (C=O) groups is 1. The van der Waals surface area contributed by atoms with E-state index in [1.165, 1.54) is 6.07 Å². The molecule has 1 saturated heterocycles. The fourth-order valence-electron chi connectivity index (χ4n) is 2.60. The number of benzene rings is 1. The summed E-state index contributed by atoms with van der Waals surface area (Å²) in [6.07, 6.45) is -16.5. The highest BCUT2D eigenvalue weighted by atomic mass is 19.4. The maximum Gasteiger partial charge on any atom is 0.419 e. The minimum absolute atomic E-state index is 0.0898. The van der Waals surface area contributed by atoms with Gasteiger partial charge in [0.1, 0.15) is 12.1 Å². The predicted molar refractivity (Wildman–Crippen MR) is 70.4 cm³/mol. The molecule has 1 fully saturated rings. The van der Waals surface area contributed by atoms with Gasteiger partial charge < -0.3 is 9.84 Å². The first-order valence-electron chi connectivity index (χ1n) is 6.74. The van der Waals surface area contributed by atoms with Crippen molar-refractivity contribution in [3.05, 3.63) is 29.3 Å². The zero-order valence-corrected chi connectivity index (χ0v) is 12.4. The topological polar surface area (TPSA) is 73.6 Å². The molecule has 1 N–H and O–H groups in total. The van der Waals surface area contributed by atoms with Crippen LogP contribution in [0.4, 0.5) is 36.8 Å². The number of hydrogen-bond donors (Lipinski definition) is 1. The Morgan fingerprint density at radius 2 is 1.88 bits per heavy atom. The van der Waals surface area contributed by atoms with Crippen LogP contribution in [0.1, 0.15) is 18.1 Å². The largest absolute Gasteiger partial charge is 0.444 e. The smallest absolute Gasteiger partial charge is 0.419 e. The molecule has 0 radical (unpaired) electrons. The van der Waals surface area contributed by atoms with Crippen LogP contribution in [0, 0.1) is 11.3 Å². The third kappa shape index (κ3) is 3.34. The molecule has 1 aromatic rings. The van der Waals surface area contributed by atoms with Gasteiger partial charge in [-0.3, -0.25) is 4.90 Å². The maximum atomic E-state index is 13.3. The molecule has 5 nitrogen and oxygen atoms in total. The number of rotatable bonds is 2. The van der Waals surface area contributed by atoms with Crippen molar-refractivity contribution in [2.45, 2.75) is 37.5 Å². The number of nitriles is 1. The standard InChI is InChI=1S/C14H10F6N2O3/c1-6-10(11(23)14(18,19)20)22(12(24)25-6)8-4-2-3-7(5-21)9(8)13(15,16)17/h2-4,6,10-11,23H,1H3/t6-,10+,11+/m0/s1. The van der Waals surface area contributed by atoms with Crippen LogP contribution in [0.25, 0.3) is 0 Å². The van der Waals surface area contributed by atoms with Crippen molar-refractivity contribution in [1.82, 2.24) is 0 Å². The van der Waals surface area contributed by atoms with Crippen molar-refractivity contribution >= 4 is 11.8 Å². The van der Waals surface area contributed by atoms with Gasteiger partial charge in [0.25, 0.3) is 0 Å². The number of amides is 1. The van der Waals surface area contributed by atoms with Gasteiger partial charge in [-0.05, 0) is 19.1 Å². The summed E-state index contributed by atoms with van der Waals surface area (Å²) in [6, 6.07) is 1.68. The average Bonchev–Trinajstić information content (AvgIpc) is 2.77. The second kappa shape index (κ2) is 6.11. The summed E-state index contributed by atoms with van der Waals surface area (Å²) in [5, 5.41) is 18.3. The van der Waals surface area contributed by atoms with Gasteiger partial charge in [0.2, 0.25) is 0 Å². The molecule has 0 unspecified atom stereocenters. The molecule has 0 aliphatic carbocycles. The number of hydrogen-bond acceptors (Lipinski definition) is 4. The van der Waals surface area contributed by atoms with Crippen LogP contribution in [0.3, 0.4) is 0 Å². The molecule has 136 valence electrons. The van der Waals surface area contributed by atoms with E-state index in [1.54, 1.807) is 0 Å². The first kappa shape index (κ1) is 18.9. The molecule has 1 aliphatic rings. The Bertz CT molecular complexity index is 725. The molecule has 1 amide bonds. The number of cyclic esters (lactones) is 1. The second-order valence-electron chi connectivity index (χ2n) is 5.25. The number of alkyl halides is 6. The van der Waals surface area contributed by atoms with Gasteiger partial charge in [-0.15, -0.1) is 0 Å². The van der Waals surface area contributed by atoms with E-state index in [1.807, 2.05) is 0 Å². The third-order valence-electron chi connectivity index (χ3n) is 3.63. The van der Waals surface area contributed by atoms with Crippen LogP contribution in [0.15, 0.2) is 18.2 Å². The summed E-state index contributed by atoms with van der Waals surface area (Å²) in [7, 11) is 0. The lowest BCUT2D eigenvalue weighted by molar-refractivity contribution is -0.212. The van der Waals surface area contributed by atoms with E-state index >= 15 is 0 Å². The fourth-order valence-corrected chi connectivity index (χ4v) is 2.60. The lowest BCUT2D eigenvalue weighted by Gasteiger charge is -2.30. The molecule has 25 heavy (non-hydrogen) atoms. The van der Waals surface area contributed by atoms with Crippen molar-refractivity contribution in [2.75, 3.05) is 4.90 Å². The third-order valence-corrected chi connectivity index (χ3v) is 3.63. The van der Waals surface area contributed by atoms with E-state index in [-0.39, 0.29) is 4.90 Å². The molecular formula is C14H10F6N2O3. The minimum atomic E-state index is -5.20.